The fourth-order valence-electron chi connectivity index (χ4n) is 2.33. The van der Waals surface area contributed by atoms with Crippen molar-refractivity contribution >= 4 is 34.0 Å². The van der Waals surface area contributed by atoms with E-state index in [1.165, 1.54) is 22.0 Å². The van der Waals surface area contributed by atoms with Crippen LogP contribution in [0.1, 0.15) is 15.9 Å². The largest absolute Gasteiger partial charge is 0.594 e. The minimum atomic E-state index is -0.595. The summed E-state index contributed by atoms with van der Waals surface area (Å²) in [5, 5.41) is 22.5. The smallest absolute Gasteiger partial charge is 0.350 e. The summed E-state index contributed by atoms with van der Waals surface area (Å²) in [6.45, 7) is 1.91. The molecule has 7 nitrogen and oxygen atoms in total. The second kappa shape index (κ2) is 5.03. The highest BCUT2D eigenvalue weighted by molar-refractivity contribution is 7.11. The van der Waals surface area contributed by atoms with Crippen molar-refractivity contribution in [2.45, 2.75) is 6.92 Å². The Labute approximate surface area is 133 Å². The highest BCUT2D eigenvalue weighted by Crippen LogP contribution is 2.21. The average Bonchev–Trinajstić information content (AvgIpc) is 3.16. The van der Waals surface area contributed by atoms with Crippen LogP contribution in [-0.4, -0.2) is 20.7 Å². The summed E-state index contributed by atoms with van der Waals surface area (Å²) in [7, 11) is 0. The Morgan fingerprint density at radius 2 is 2.26 bits per heavy atom. The number of hydrogen-bond acceptors (Lipinski definition) is 6. The van der Waals surface area contributed by atoms with Crippen molar-refractivity contribution in [3.8, 4) is 5.06 Å². The van der Waals surface area contributed by atoms with Gasteiger partial charge in [0.2, 0.25) is 5.65 Å². The van der Waals surface area contributed by atoms with Crippen LogP contribution in [0.25, 0.3) is 16.7 Å². The molecule has 0 amide bonds. The first-order valence-corrected chi connectivity index (χ1v) is 7.65. The number of aryl methyl sites for hydroxylation is 1. The van der Waals surface area contributed by atoms with Gasteiger partial charge in [0.15, 0.2) is 5.06 Å². The quantitative estimate of drug-likeness (QED) is 0.320. The van der Waals surface area contributed by atoms with E-state index in [2.05, 4.69) is 10.2 Å². The second-order valence-electron chi connectivity index (χ2n) is 4.98. The minimum Gasteiger partial charge on any atom is -0.594 e. The van der Waals surface area contributed by atoms with Crippen LogP contribution >= 0.6 is 11.3 Å². The lowest BCUT2D eigenvalue weighted by Gasteiger charge is -2.03. The Morgan fingerprint density at radius 1 is 1.39 bits per heavy atom. The zero-order valence-electron chi connectivity index (χ0n) is 12.0. The van der Waals surface area contributed by atoms with Crippen LogP contribution < -0.4 is 9.58 Å². The molecule has 0 aliphatic carbocycles. The van der Waals surface area contributed by atoms with Gasteiger partial charge in [0.25, 0.3) is 5.52 Å². The van der Waals surface area contributed by atoms with Crippen molar-refractivity contribution < 1.29 is 14.4 Å². The van der Waals surface area contributed by atoms with Crippen LogP contribution in [0.3, 0.4) is 0 Å². The van der Waals surface area contributed by atoms with Gasteiger partial charge < -0.3 is 9.94 Å². The first-order chi connectivity index (χ1) is 11.1. The van der Waals surface area contributed by atoms with Crippen molar-refractivity contribution in [2.75, 3.05) is 0 Å². The van der Waals surface area contributed by atoms with Crippen molar-refractivity contribution in [1.82, 2.24) is 14.7 Å². The van der Waals surface area contributed by atoms with Gasteiger partial charge in [-0.15, -0.1) is 11.3 Å². The molecule has 0 unspecified atom stereocenters. The molecule has 0 fully saturated rings. The lowest BCUT2D eigenvalue weighted by atomic mass is 10.2. The van der Waals surface area contributed by atoms with Crippen LogP contribution in [0.4, 0.5) is 0 Å². The topological polar surface area (TPSA) is 83.4 Å². The average molecular weight is 326 g/mol. The van der Waals surface area contributed by atoms with E-state index < -0.39 is 5.97 Å². The van der Waals surface area contributed by atoms with E-state index in [0.29, 0.717) is 20.9 Å². The van der Waals surface area contributed by atoms with E-state index in [4.69, 9.17) is 4.74 Å². The van der Waals surface area contributed by atoms with Gasteiger partial charge in [0, 0.05) is 11.2 Å². The summed E-state index contributed by atoms with van der Waals surface area (Å²) in [5.41, 5.74) is 2.25. The van der Waals surface area contributed by atoms with Crippen LogP contribution in [-0.2, 0) is 0 Å². The molecule has 4 aromatic rings. The molecule has 4 rings (SSSR count). The Hall–Kier alpha value is -3.00. The molecule has 3 aromatic heterocycles. The van der Waals surface area contributed by atoms with Gasteiger partial charge in [-0.05, 0) is 40.9 Å². The molecule has 3 heterocycles. The minimum absolute atomic E-state index is 0.145. The molecule has 0 spiro atoms. The van der Waals surface area contributed by atoms with E-state index >= 15 is 0 Å². The predicted molar refractivity (Wildman–Crippen MR) is 83.5 cm³/mol. The molecule has 0 N–H and O–H groups in total. The summed E-state index contributed by atoms with van der Waals surface area (Å²) in [6.07, 6.45) is 1.36. The summed E-state index contributed by atoms with van der Waals surface area (Å²) in [4.78, 5) is 12.8. The second-order valence-corrected chi connectivity index (χ2v) is 5.89. The number of fused-ring (bicyclic) bond motifs is 3. The number of rotatable bonds is 2. The van der Waals surface area contributed by atoms with Crippen molar-refractivity contribution in [3.63, 3.8) is 0 Å². The zero-order chi connectivity index (χ0) is 16.0. The highest BCUT2D eigenvalue weighted by Gasteiger charge is 2.22. The third-order valence-electron chi connectivity index (χ3n) is 3.40. The van der Waals surface area contributed by atoms with E-state index in [1.807, 2.05) is 19.1 Å². The molecule has 0 radical (unpaired) electrons. The molecule has 0 bridgehead atoms. The van der Waals surface area contributed by atoms with E-state index in [1.54, 1.807) is 23.6 Å². The number of carbonyl (C=O) groups is 1. The maximum absolute atomic E-state index is 12.3. The molecule has 0 saturated carbocycles. The Morgan fingerprint density at radius 3 is 3.04 bits per heavy atom. The first kappa shape index (κ1) is 13.6. The summed E-state index contributed by atoms with van der Waals surface area (Å²) in [5.74, 6) is -0.595. The summed E-state index contributed by atoms with van der Waals surface area (Å²) >= 11 is 1.30. The molecule has 0 aliphatic heterocycles. The molecule has 114 valence electrons. The maximum Gasteiger partial charge on any atom is 0.350 e. The number of benzene rings is 1. The third-order valence-corrected chi connectivity index (χ3v) is 4.15. The van der Waals surface area contributed by atoms with Gasteiger partial charge in [-0.1, -0.05) is 6.07 Å². The monoisotopic (exact) mass is 326 g/mol. The number of thiophene rings is 1. The Balaban J connectivity index is 1.89. The number of ether oxygens (including phenoxy) is 1. The molecular weight excluding hydrogens is 316 g/mol. The lowest BCUT2D eigenvalue weighted by Crippen LogP contribution is -2.33. The van der Waals surface area contributed by atoms with Gasteiger partial charge in [-0.25, -0.2) is 9.31 Å². The predicted octanol–water partition coefficient (Wildman–Crippen LogP) is 2.11. The van der Waals surface area contributed by atoms with E-state index in [-0.39, 0.29) is 11.2 Å². The van der Waals surface area contributed by atoms with Gasteiger partial charge in [-0.3, -0.25) is 0 Å². The molecule has 0 aliphatic rings. The molecule has 1 aromatic carbocycles. The van der Waals surface area contributed by atoms with Crippen LogP contribution in [0.15, 0.2) is 41.9 Å². The Kier molecular flexibility index (Phi) is 2.98. The van der Waals surface area contributed by atoms with Gasteiger partial charge in [0.05, 0.1) is 6.20 Å². The summed E-state index contributed by atoms with van der Waals surface area (Å²) in [6, 6.07) is 8.78. The highest BCUT2D eigenvalue weighted by atomic mass is 32.1. The SMILES string of the molecule is Cc1ccc2c(c1)n1ncc(C(=O)Oc3cccs3)c1n[n+]2[O-]. The summed E-state index contributed by atoms with van der Waals surface area (Å²) < 4.78 is 6.73. The van der Waals surface area contributed by atoms with Gasteiger partial charge in [0.1, 0.15) is 11.1 Å². The lowest BCUT2D eigenvalue weighted by molar-refractivity contribution is -0.640. The fraction of sp³-hybridized carbons (Fsp3) is 0.0667. The van der Waals surface area contributed by atoms with E-state index in [9.17, 15) is 10.0 Å². The van der Waals surface area contributed by atoms with Crippen LogP contribution in [0.5, 0.6) is 5.06 Å². The Bertz CT molecular complexity index is 1040. The number of aromatic nitrogens is 4. The molecule has 23 heavy (non-hydrogen) atoms. The van der Waals surface area contributed by atoms with Crippen molar-refractivity contribution in [1.29, 1.82) is 0 Å². The number of esters is 1. The number of hydrogen-bond donors (Lipinski definition) is 0. The van der Waals surface area contributed by atoms with E-state index in [0.717, 1.165) is 5.56 Å². The van der Waals surface area contributed by atoms with Crippen LogP contribution in [0.2, 0.25) is 0 Å². The van der Waals surface area contributed by atoms with Crippen molar-refractivity contribution in [3.05, 3.63) is 58.2 Å². The molecule has 0 atom stereocenters. The van der Waals surface area contributed by atoms with Gasteiger partial charge in [-0.2, -0.15) is 5.10 Å². The maximum atomic E-state index is 12.3. The zero-order valence-corrected chi connectivity index (χ0v) is 12.8. The molecular formula is C15H10N4O3S. The number of carbonyl (C=O) groups excluding carboxylic acids is 1. The standard InChI is InChI=1S/C15H10N4O3S/c1-9-4-5-11-12(7-9)18-14(17-19(11)21)10(8-16-18)15(20)22-13-3-2-6-23-13/h2-8H,1H3. The fourth-order valence-corrected chi connectivity index (χ4v) is 2.90. The van der Waals surface area contributed by atoms with Crippen LogP contribution in [0, 0.1) is 12.1 Å². The van der Waals surface area contributed by atoms with Crippen molar-refractivity contribution in [2.24, 2.45) is 0 Å². The molecule has 8 heteroatoms. The third kappa shape index (κ3) is 2.20. The van der Waals surface area contributed by atoms with Gasteiger partial charge >= 0.3 is 5.97 Å². The number of nitrogens with zero attached hydrogens (tertiary/aromatic N) is 4. The normalized spacial score (nSPS) is 11.2. The molecule has 0 saturated heterocycles. The first-order valence-electron chi connectivity index (χ1n) is 6.77.